The predicted molar refractivity (Wildman–Crippen MR) is 98.0 cm³/mol. The predicted octanol–water partition coefficient (Wildman–Crippen LogP) is 3.36. The largest absolute Gasteiger partial charge is 0.423 e. The summed E-state index contributed by atoms with van der Waals surface area (Å²) < 4.78 is 19.0. The first-order valence-corrected chi connectivity index (χ1v) is 9.17. The van der Waals surface area contributed by atoms with E-state index in [9.17, 15) is 18.8 Å². The van der Waals surface area contributed by atoms with Gasteiger partial charge in [-0.05, 0) is 42.5 Å². The summed E-state index contributed by atoms with van der Waals surface area (Å²) in [4.78, 5) is 39.2. The van der Waals surface area contributed by atoms with Crippen LogP contribution in [0.4, 0.5) is 10.1 Å². The molecule has 2 bridgehead atoms. The highest BCUT2D eigenvalue weighted by Gasteiger charge is 2.59. The van der Waals surface area contributed by atoms with Crippen LogP contribution in [-0.4, -0.2) is 17.8 Å². The van der Waals surface area contributed by atoms with Crippen molar-refractivity contribution in [3.63, 3.8) is 0 Å². The number of hydrogen-bond acceptors (Lipinski definition) is 4. The number of hydrogen-bond donors (Lipinski definition) is 0. The maximum Gasteiger partial charge on any atom is 0.346 e. The quantitative estimate of drug-likeness (QED) is 0.356. The van der Waals surface area contributed by atoms with Gasteiger partial charge in [-0.2, -0.15) is 0 Å². The van der Waals surface area contributed by atoms with Crippen molar-refractivity contribution in [3.05, 3.63) is 72.1 Å². The molecule has 4 unspecified atom stereocenters. The number of nitrogens with zero attached hydrogens (tertiary/aromatic N) is 1. The van der Waals surface area contributed by atoms with Crippen LogP contribution in [0.15, 0.2) is 60.7 Å². The van der Waals surface area contributed by atoms with Crippen molar-refractivity contribution in [1.82, 2.24) is 0 Å². The summed E-state index contributed by atoms with van der Waals surface area (Å²) in [5.41, 5.74) is 0.182. The minimum absolute atomic E-state index is 0.124. The molecule has 2 aromatic rings. The number of imide groups is 1. The second kappa shape index (κ2) is 6.12. The Morgan fingerprint density at radius 2 is 1.64 bits per heavy atom. The van der Waals surface area contributed by atoms with Crippen LogP contribution in [0.1, 0.15) is 16.8 Å². The number of benzene rings is 2. The molecule has 0 spiro atoms. The molecule has 140 valence electrons. The maximum atomic E-state index is 13.8. The standard InChI is InChI=1S/C22H16FNO4/c23-17-7-2-1-6-16(17)22(27)28-15-5-3-4-14(11-15)24-20(25)18-12-8-9-13(10-12)19(18)21(24)26/h1-9,11-13,18-19H,10H2. The summed E-state index contributed by atoms with van der Waals surface area (Å²) >= 11 is 0. The highest BCUT2D eigenvalue weighted by atomic mass is 19.1. The summed E-state index contributed by atoms with van der Waals surface area (Å²) in [6, 6.07) is 11.8. The van der Waals surface area contributed by atoms with Gasteiger partial charge in [-0.1, -0.05) is 30.4 Å². The number of carbonyl (C=O) groups excluding carboxylic acids is 3. The van der Waals surface area contributed by atoms with E-state index < -0.39 is 11.8 Å². The van der Waals surface area contributed by atoms with Gasteiger partial charge in [0.25, 0.3) is 0 Å². The fourth-order valence-corrected chi connectivity index (χ4v) is 4.63. The van der Waals surface area contributed by atoms with E-state index in [1.54, 1.807) is 18.2 Å². The van der Waals surface area contributed by atoms with Crippen LogP contribution in [0.3, 0.4) is 0 Å². The first kappa shape index (κ1) is 16.9. The number of ether oxygens (including phenoxy) is 1. The molecule has 2 aromatic carbocycles. The lowest BCUT2D eigenvalue weighted by Crippen LogP contribution is -2.32. The molecular formula is C22H16FNO4. The molecule has 1 saturated carbocycles. The molecule has 1 heterocycles. The number of allylic oxidation sites excluding steroid dienone is 2. The van der Waals surface area contributed by atoms with Crippen LogP contribution >= 0.6 is 0 Å². The molecule has 3 aliphatic rings. The normalized spacial score (nSPS) is 27.4. The molecule has 28 heavy (non-hydrogen) atoms. The summed E-state index contributed by atoms with van der Waals surface area (Å²) in [5.74, 6) is -2.13. The monoisotopic (exact) mass is 377 g/mol. The van der Waals surface area contributed by atoms with Crippen molar-refractivity contribution in [2.45, 2.75) is 6.42 Å². The lowest BCUT2D eigenvalue weighted by atomic mass is 9.85. The Kier molecular flexibility index (Phi) is 3.69. The highest BCUT2D eigenvalue weighted by Crippen LogP contribution is 2.53. The summed E-state index contributed by atoms with van der Waals surface area (Å²) in [5, 5.41) is 0. The molecule has 0 radical (unpaired) electrons. The van der Waals surface area contributed by atoms with Gasteiger partial charge in [0.2, 0.25) is 11.8 Å². The second-order valence-electron chi connectivity index (χ2n) is 7.38. The zero-order chi connectivity index (χ0) is 19.4. The summed E-state index contributed by atoms with van der Waals surface area (Å²) in [7, 11) is 0. The number of amides is 2. The molecule has 5 nitrogen and oxygen atoms in total. The van der Waals surface area contributed by atoms with Crippen LogP contribution in [0.5, 0.6) is 5.75 Å². The van der Waals surface area contributed by atoms with E-state index in [2.05, 4.69) is 0 Å². The number of carbonyl (C=O) groups is 3. The molecule has 5 rings (SSSR count). The minimum atomic E-state index is -0.839. The molecule has 2 aliphatic carbocycles. The maximum absolute atomic E-state index is 13.8. The van der Waals surface area contributed by atoms with Gasteiger partial charge in [0.15, 0.2) is 0 Å². The third-order valence-electron chi connectivity index (χ3n) is 5.85. The Hall–Kier alpha value is -3.28. The van der Waals surface area contributed by atoms with Crippen molar-refractivity contribution in [1.29, 1.82) is 0 Å². The zero-order valence-electron chi connectivity index (χ0n) is 14.7. The molecule has 2 amide bonds. The van der Waals surface area contributed by atoms with Crippen molar-refractivity contribution in [3.8, 4) is 5.75 Å². The molecular weight excluding hydrogens is 361 g/mol. The van der Waals surface area contributed by atoms with Gasteiger partial charge >= 0.3 is 5.97 Å². The van der Waals surface area contributed by atoms with Crippen LogP contribution in [0, 0.1) is 29.5 Å². The molecule has 0 N–H and O–H groups in total. The number of halogens is 1. The fourth-order valence-electron chi connectivity index (χ4n) is 4.63. The van der Waals surface area contributed by atoms with E-state index in [1.807, 2.05) is 12.2 Å². The Bertz CT molecular complexity index is 1020. The van der Waals surface area contributed by atoms with Crippen molar-refractivity contribution in [2.75, 3.05) is 4.90 Å². The van der Waals surface area contributed by atoms with Gasteiger partial charge in [-0.3, -0.25) is 9.59 Å². The Morgan fingerprint density at radius 1 is 0.964 bits per heavy atom. The third kappa shape index (κ3) is 2.41. The van der Waals surface area contributed by atoms with Crippen molar-refractivity contribution >= 4 is 23.5 Å². The first-order valence-electron chi connectivity index (χ1n) is 9.17. The molecule has 1 saturated heterocycles. The SMILES string of the molecule is O=C(Oc1cccc(N2C(=O)C3C4C=CC(C4)C3C2=O)c1)c1ccccc1F. The zero-order valence-corrected chi connectivity index (χ0v) is 14.7. The van der Waals surface area contributed by atoms with Gasteiger partial charge in [0.05, 0.1) is 23.1 Å². The molecule has 0 aromatic heterocycles. The van der Waals surface area contributed by atoms with E-state index in [0.717, 1.165) is 6.42 Å². The van der Waals surface area contributed by atoms with E-state index >= 15 is 0 Å². The van der Waals surface area contributed by atoms with Crippen molar-refractivity contribution in [2.24, 2.45) is 23.7 Å². The molecule has 6 heteroatoms. The van der Waals surface area contributed by atoms with Gasteiger partial charge in [0.1, 0.15) is 11.6 Å². The molecule has 4 atom stereocenters. The fraction of sp³-hybridized carbons (Fsp3) is 0.227. The van der Waals surface area contributed by atoms with Crippen LogP contribution < -0.4 is 9.64 Å². The number of fused-ring (bicyclic) bond motifs is 5. The van der Waals surface area contributed by atoms with Gasteiger partial charge in [-0.25, -0.2) is 14.1 Å². The van der Waals surface area contributed by atoms with Crippen LogP contribution in [0.2, 0.25) is 0 Å². The Balaban J connectivity index is 1.41. The van der Waals surface area contributed by atoms with E-state index in [-0.39, 0.29) is 46.8 Å². The van der Waals surface area contributed by atoms with Gasteiger partial charge in [0, 0.05) is 6.07 Å². The highest BCUT2D eigenvalue weighted by molar-refractivity contribution is 6.22. The second-order valence-corrected chi connectivity index (χ2v) is 7.38. The lowest BCUT2D eigenvalue weighted by molar-refractivity contribution is -0.123. The summed E-state index contributed by atoms with van der Waals surface area (Å²) in [6.07, 6.45) is 4.93. The van der Waals surface area contributed by atoms with Crippen LogP contribution in [-0.2, 0) is 9.59 Å². The van der Waals surface area contributed by atoms with Gasteiger partial charge in [-0.15, -0.1) is 0 Å². The number of anilines is 1. The number of rotatable bonds is 3. The van der Waals surface area contributed by atoms with Crippen molar-refractivity contribution < 1.29 is 23.5 Å². The smallest absolute Gasteiger partial charge is 0.346 e. The third-order valence-corrected chi connectivity index (χ3v) is 5.85. The average Bonchev–Trinajstić information content (AvgIpc) is 3.36. The lowest BCUT2D eigenvalue weighted by Gasteiger charge is -2.18. The number of esters is 1. The summed E-state index contributed by atoms with van der Waals surface area (Å²) in [6.45, 7) is 0. The minimum Gasteiger partial charge on any atom is -0.423 e. The van der Waals surface area contributed by atoms with Gasteiger partial charge < -0.3 is 4.74 Å². The molecule has 1 aliphatic heterocycles. The van der Waals surface area contributed by atoms with E-state index in [4.69, 9.17) is 4.74 Å². The van der Waals surface area contributed by atoms with Crippen LogP contribution in [0.25, 0.3) is 0 Å². The average molecular weight is 377 g/mol. The Morgan fingerprint density at radius 3 is 2.32 bits per heavy atom. The van der Waals surface area contributed by atoms with E-state index in [0.29, 0.717) is 5.69 Å². The van der Waals surface area contributed by atoms with E-state index in [1.165, 1.54) is 35.2 Å². The first-order chi connectivity index (χ1) is 13.5. The molecule has 2 fully saturated rings. The topological polar surface area (TPSA) is 63.7 Å². The Labute approximate surface area is 160 Å².